The van der Waals surface area contributed by atoms with Gasteiger partial charge in [-0.2, -0.15) is 0 Å². The molecule has 0 spiro atoms. The Hall–Kier alpha value is -1.85. The summed E-state index contributed by atoms with van der Waals surface area (Å²) in [6, 6.07) is 12.0. The van der Waals surface area contributed by atoms with E-state index in [9.17, 15) is 9.90 Å². The molecule has 0 aliphatic carbocycles. The van der Waals surface area contributed by atoms with Crippen molar-refractivity contribution in [2.45, 2.75) is 26.0 Å². The largest absolute Gasteiger partial charge is 0.383 e. The van der Waals surface area contributed by atoms with E-state index in [4.69, 9.17) is 0 Å². The van der Waals surface area contributed by atoms with Crippen molar-refractivity contribution < 1.29 is 9.90 Å². The number of nitrogens with one attached hydrogen (secondary N) is 3. The molecule has 30 heavy (non-hydrogen) atoms. The molecule has 1 aromatic heterocycles. The van der Waals surface area contributed by atoms with E-state index in [2.05, 4.69) is 25.8 Å². The van der Waals surface area contributed by atoms with E-state index in [1.54, 1.807) is 6.92 Å². The van der Waals surface area contributed by atoms with Gasteiger partial charge in [0.05, 0.1) is 19.6 Å². The molecule has 164 valence electrons. The first kappa shape index (κ1) is 24.4. The van der Waals surface area contributed by atoms with Crippen molar-refractivity contribution in [3.8, 4) is 0 Å². The van der Waals surface area contributed by atoms with Crippen LogP contribution in [0.5, 0.6) is 0 Å². The molecular weight excluding hydrogens is 513 g/mol. The monoisotopic (exact) mass is 543 g/mol. The number of carbonyl (C=O) groups excluding carboxylic acids is 1. The van der Waals surface area contributed by atoms with Crippen LogP contribution in [0.3, 0.4) is 0 Å². The van der Waals surface area contributed by atoms with Crippen molar-refractivity contribution in [2.75, 3.05) is 37.6 Å². The lowest BCUT2D eigenvalue weighted by molar-refractivity contribution is -0.120. The van der Waals surface area contributed by atoms with Crippen molar-refractivity contribution in [3.05, 3.63) is 52.2 Å². The zero-order valence-corrected chi connectivity index (χ0v) is 20.5. The number of hydrogen-bond donors (Lipinski definition) is 4. The summed E-state index contributed by atoms with van der Waals surface area (Å²) in [7, 11) is 0. The minimum absolute atomic E-state index is 0. The fraction of sp³-hybridized carbons (Fsp3) is 0.429. The number of halogens is 1. The molecule has 2 heterocycles. The Morgan fingerprint density at radius 1 is 1.30 bits per heavy atom. The van der Waals surface area contributed by atoms with E-state index < -0.39 is 5.60 Å². The summed E-state index contributed by atoms with van der Waals surface area (Å²) in [6.45, 7) is 7.35. The molecule has 1 atom stereocenters. The maximum atomic E-state index is 11.6. The van der Waals surface area contributed by atoms with Gasteiger partial charge in [-0.15, -0.1) is 35.3 Å². The predicted molar refractivity (Wildman–Crippen MR) is 134 cm³/mol. The van der Waals surface area contributed by atoms with Crippen molar-refractivity contribution in [3.63, 3.8) is 0 Å². The molecule has 1 aromatic carbocycles. The van der Waals surface area contributed by atoms with Gasteiger partial charge in [0, 0.05) is 30.2 Å². The molecule has 0 bridgehead atoms. The molecule has 1 aliphatic rings. The molecule has 4 N–H and O–H groups in total. The highest BCUT2D eigenvalue weighted by Crippen LogP contribution is 2.24. The lowest BCUT2D eigenvalue weighted by Gasteiger charge is -2.28. The third-order valence-corrected chi connectivity index (χ3v) is 5.88. The highest BCUT2D eigenvalue weighted by atomic mass is 127. The maximum absolute atomic E-state index is 11.6. The van der Waals surface area contributed by atoms with E-state index in [1.807, 2.05) is 48.7 Å². The number of piperazine rings is 1. The summed E-state index contributed by atoms with van der Waals surface area (Å²) in [5.74, 6) is 0.728. The van der Waals surface area contributed by atoms with Gasteiger partial charge < -0.3 is 26.0 Å². The van der Waals surface area contributed by atoms with Gasteiger partial charge in [0.15, 0.2) is 5.96 Å². The van der Waals surface area contributed by atoms with E-state index >= 15 is 0 Å². The Morgan fingerprint density at radius 3 is 2.70 bits per heavy atom. The number of anilines is 1. The van der Waals surface area contributed by atoms with Crippen LogP contribution in [0.4, 0.5) is 5.69 Å². The average molecular weight is 543 g/mol. The Bertz CT molecular complexity index is 824. The first-order valence-electron chi connectivity index (χ1n) is 9.87. The van der Waals surface area contributed by atoms with E-state index in [-0.39, 0.29) is 29.9 Å². The molecule has 2 aromatic rings. The minimum Gasteiger partial charge on any atom is -0.383 e. The van der Waals surface area contributed by atoms with Gasteiger partial charge in [0.1, 0.15) is 5.60 Å². The number of hydrogen-bond acceptors (Lipinski definition) is 5. The Kier molecular flexibility index (Phi) is 9.37. The van der Waals surface area contributed by atoms with Crippen LogP contribution >= 0.6 is 35.3 Å². The molecule has 1 unspecified atom stereocenters. The van der Waals surface area contributed by atoms with Gasteiger partial charge >= 0.3 is 0 Å². The summed E-state index contributed by atoms with van der Waals surface area (Å²) in [5.41, 5.74) is 1.18. The molecule has 0 saturated carbocycles. The second-order valence-electron chi connectivity index (χ2n) is 7.24. The van der Waals surface area contributed by atoms with Crippen LogP contribution in [0, 0.1) is 0 Å². The fourth-order valence-corrected chi connectivity index (χ4v) is 3.90. The number of guanidine groups is 1. The van der Waals surface area contributed by atoms with Gasteiger partial charge in [0.2, 0.25) is 5.91 Å². The van der Waals surface area contributed by atoms with Crippen LogP contribution in [-0.2, 0) is 16.9 Å². The third kappa shape index (κ3) is 6.85. The lowest BCUT2D eigenvalue weighted by Crippen LogP contribution is -2.47. The Morgan fingerprint density at radius 2 is 2.07 bits per heavy atom. The standard InChI is InChI=1S/C21H29N5O2S.HI/c1-3-22-20(25-15-21(2,28)18-5-4-12-29-18)24-13-16-6-8-17(9-7-16)26-11-10-23-19(27)14-26;/h4-9,12,28H,3,10-11,13-15H2,1-2H3,(H,23,27)(H2,22,24,25);1H. The van der Waals surface area contributed by atoms with Gasteiger partial charge in [-0.05, 0) is 43.0 Å². The van der Waals surface area contributed by atoms with Crippen LogP contribution in [0.1, 0.15) is 24.3 Å². The molecule has 1 amide bonds. The summed E-state index contributed by atoms with van der Waals surface area (Å²) in [6.07, 6.45) is 0. The average Bonchev–Trinajstić information content (AvgIpc) is 3.26. The number of aliphatic imine (C=N–C) groups is 1. The van der Waals surface area contributed by atoms with E-state index in [0.29, 0.717) is 32.1 Å². The fourth-order valence-electron chi connectivity index (χ4n) is 3.11. The summed E-state index contributed by atoms with van der Waals surface area (Å²) in [5, 5.41) is 21.9. The molecule has 1 aliphatic heterocycles. The Labute approximate surface area is 199 Å². The SMILES string of the molecule is CCNC(=NCc1ccc(N2CCNC(=O)C2)cc1)NCC(C)(O)c1cccs1.I. The third-order valence-electron chi connectivity index (χ3n) is 4.76. The number of amides is 1. The van der Waals surface area contributed by atoms with Crippen LogP contribution < -0.4 is 20.9 Å². The van der Waals surface area contributed by atoms with Gasteiger partial charge in [-0.1, -0.05) is 18.2 Å². The van der Waals surface area contributed by atoms with Crippen molar-refractivity contribution in [1.82, 2.24) is 16.0 Å². The summed E-state index contributed by atoms with van der Waals surface area (Å²) in [4.78, 5) is 19.2. The summed E-state index contributed by atoms with van der Waals surface area (Å²) >= 11 is 1.54. The molecule has 9 heteroatoms. The first-order valence-corrected chi connectivity index (χ1v) is 10.7. The molecular formula is C21H30IN5O2S. The molecule has 1 fully saturated rings. The van der Waals surface area contributed by atoms with Crippen molar-refractivity contribution in [2.24, 2.45) is 4.99 Å². The quantitative estimate of drug-likeness (QED) is 0.245. The predicted octanol–water partition coefficient (Wildman–Crippen LogP) is 2.27. The zero-order valence-electron chi connectivity index (χ0n) is 17.4. The van der Waals surface area contributed by atoms with Gasteiger partial charge in [-0.3, -0.25) is 4.79 Å². The highest BCUT2D eigenvalue weighted by molar-refractivity contribution is 14.0. The van der Waals surface area contributed by atoms with Crippen LogP contribution in [0.2, 0.25) is 0 Å². The first-order chi connectivity index (χ1) is 14.0. The topological polar surface area (TPSA) is 89.0 Å². The molecule has 7 nitrogen and oxygen atoms in total. The molecule has 0 radical (unpaired) electrons. The van der Waals surface area contributed by atoms with Crippen LogP contribution in [0.15, 0.2) is 46.8 Å². The van der Waals surface area contributed by atoms with E-state index in [1.165, 1.54) is 11.3 Å². The normalized spacial score (nSPS) is 16.3. The maximum Gasteiger partial charge on any atom is 0.239 e. The zero-order chi connectivity index (χ0) is 20.7. The highest BCUT2D eigenvalue weighted by Gasteiger charge is 2.24. The molecule has 1 saturated heterocycles. The number of thiophene rings is 1. The second-order valence-corrected chi connectivity index (χ2v) is 8.19. The lowest BCUT2D eigenvalue weighted by atomic mass is 10.1. The number of carbonyl (C=O) groups is 1. The van der Waals surface area contributed by atoms with Crippen LogP contribution in [-0.4, -0.2) is 49.7 Å². The number of rotatable bonds is 7. The number of aliphatic hydroxyl groups is 1. The smallest absolute Gasteiger partial charge is 0.239 e. The van der Waals surface area contributed by atoms with Crippen molar-refractivity contribution in [1.29, 1.82) is 0 Å². The van der Waals surface area contributed by atoms with Crippen molar-refractivity contribution >= 4 is 52.9 Å². The Balaban J connectivity index is 0.00000320. The number of nitrogens with zero attached hydrogens (tertiary/aromatic N) is 2. The van der Waals surface area contributed by atoms with Gasteiger partial charge in [0.25, 0.3) is 0 Å². The van der Waals surface area contributed by atoms with Crippen LogP contribution in [0.25, 0.3) is 0 Å². The van der Waals surface area contributed by atoms with E-state index in [0.717, 1.165) is 29.2 Å². The van der Waals surface area contributed by atoms with Gasteiger partial charge in [-0.25, -0.2) is 4.99 Å². The second kappa shape index (κ2) is 11.5. The number of benzene rings is 1. The summed E-state index contributed by atoms with van der Waals surface area (Å²) < 4.78 is 0. The minimum atomic E-state index is -0.952. The molecule has 3 rings (SSSR count).